The largest absolute Gasteiger partial charge is 0.310 e. The highest BCUT2D eigenvalue weighted by Crippen LogP contribution is 2.27. The molecule has 1 aromatic heterocycles. The normalized spacial score (nSPS) is 12.6. The van der Waals surface area contributed by atoms with E-state index in [2.05, 4.69) is 65.3 Å². The molecule has 0 saturated heterocycles. The monoisotopic (exact) mass is 349 g/mol. The van der Waals surface area contributed by atoms with E-state index in [1.54, 1.807) is 0 Å². The molecule has 4 heteroatoms. The van der Waals surface area contributed by atoms with E-state index in [4.69, 9.17) is 0 Å². The van der Waals surface area contributed by atoms with Crippen molar-refractivity contribution in [3.05, 3.63) is 51.3 Å². The van der Waals surface area contributed by atoms with Crippen LogP contribution in [0.25, 0.3) is 0 Å². The molecule has 0 aliphatic rings. The number of aromatic nitrogens is 2. The van der Waals surface area contributed by atoms with Crippen LogP contribution in [0.3, 0.4) is 0 Å². The molecule has 0 bridgehead atoms. The van der Waals surface area contributed by atoms with E-state index in [1.165, 1.54) is 21.2 Å². The average Bonchev–Trinajstić information content (AvgIpc) is 2.85. The van der Waals surface area contributed by atoms with Gasteiger partial charge in [0.15, 0.2) is 0 Å². The first-order valence-electron chi connectivity index (χ1n) is 7.49. The molecule has 1 aromatic carbocycles. The van der Waals surface area contributed by atoms with Crippen molar-refractivity contribution in [2.24, 2.45) is 7.05 Å². The molecule has 21 heavy (non-hydrogen) atoms. The van der Waals surface area contributed by atoms with Crippen LogP contribution in [-0.4, -0.2) is 16.3 Å². The third-order valence-electron chi connectivity index (χ3n) is 3.68. The summed E-state index contributed by atoms with van der Waals surface area (Å²) in [5.41, 5.74) is 5.04. The summed E-state index contributed by atoms with van der Waals surface area (Å²) < 4.78 is 3.07. The summed E-state index contributed by atoms with van der Waals surface area (Å²) in [7, 11) is 1.96. The Labute approximate surface area is 135 Å². The van der Waals surface area contributed by atoms with Crippen molar-refractivity contribution in [3.63, 3.8) is 0 Å². The predicted octanol–water partition coefficient (Wildman–Crippen LogP) is 4.08. The van der Waals surface area contributed by atoms with Crippen LogP contribution >= 0.6 is 15.9 Å². The second kappa shape index (κ2) is 7.23. The van der Waals surface area contributed by atoms with Crippen LogP contribution in [0.5, 0.6) is 0 Å². The maximum atomic E-state index is 4.51. The van der Waals surface area contributed by atoms with Crippen LogP contribution < -0.4 is 5.32 Å². The van der Waals surface area contributed by atoms with Gasteiger partial charge in [0.1, 0.15) is 0 Å². The van der Waals surface area contributed by atoms with Gasteiger partial charge in [-0.25, -0.2) is 0 Å². The molecular formula is C17H24BrN3. The molecule has 2 rings (SSSR count). The van der Waals surface area contributed by atoms with E-state index < -0.39 is 0 Å². The highest BCUT2D eigenvalue weighted by molar-refractivity contribution is 9.10. The van der Waals surface area contributed by atoms with Crippen molar-refractivity contribution >= 4 is 15.9 Å². The van der Waals surface area contributed by atoms with Gasteiger partial charge in [-0.15, -0.1) is 0 Å². The fourth-order valence-corrected chi connectivity index (χ4v) is 2.82. The summed E-state index contributed by atoms with van der Waals surface area (Å²) in [4.78, 5) is 0. The van der Waals surface area contributed by atoms with Gasteiger partial charge in [-0.1, -0.05) is 35.0 Å². The molecule has 0 fully saturated rings. The van der Waals surface area contributed by atoms with Crippen LogP contribution in [0, 0.1) is 13.8 Å². The standard InChI is InChI=1S/C17H24BrN3/c1-5-7-19-16(11-15-6-8-21(4)20-15)14-9-12(2)17(18)13(3)10-14/h6,8-10,16,19H,5,7,11H2,1-4H3. The fraction of sp³-hybridized carbons (Fsp3) is 0.471. The smallest absolute Gasteiger partial charge is 0.0643 e. The summed E-state index contributed by atoms with van der Waals surface area (Å²) in [5, 5.41) is 8.17. The molecule has 0 amide bonds. The molecule has 0 spiro atoms. The van der Waals surface area contributed by atoms with Gasteiger partial charge in [0.25, 0.3) is 0 Å². The lowest BCUT2D eigenvalue weighted by atomic mass is 9.98. The summed E-state index contributed by atoms with van der Waals surface area (Å²) in [5.74, 6) is 0. The first kappa shape index (κ1) is 16.2. The summed E-state index contributed by atoms with van der Waals surface area (Å²) >= 11 is 3.65. The van der Waals surface area contributed by atoms with Gasteiger partial charge in [-0.3, -0.25) is 4.68 Å². The molecule has 1 atom stereocenters. The minimum absolute atomic E-state index is 0.311. The number of aryl methyl sites for hydroxylation is 3. The Balaban J connectivity index is 2.26. The van der Waals surface area contributed by atoms with Gasteiger partial charge in [-0.2, -0.15) is 5.10 Å². The third kappa shape index (κ3) is 4.17. The minimum atomic E-state index is 0.311. The number of hydrogen-bond donors (Lipinski definition) is 1. The number of nitrogens with one attached hydrogen (secondary N) is 1. The molecule has 0 aliphatic carbocycles. The third-order valence-corrected chi connectivity index (χ3v) is 4.93. The second-order valence-corrected chi connectivity index (χ2v) is 6.45. The molecule has 114 valence electrons. The van der Waals surface area contributed by atoms with Gasteiger partial charge in [0.2, 0.25) is 0 Å². The molecule has 1 N–H and O–H groups in total. The number of hydrogen-bond acceptors (Lipinski definition) is 2. The maximum absolute atomic E-state index is 4.51. The Morgan fingerprint density at radius 2 is 1.95 bits per heavy atom. The molecule has 1 heterocycles. The lowest BCUT2D eigenvalue weighted by Gasteiger charge is -2.20. The molecule has 0 radical (unpaired) electrons. The van der Waals surface area contributed by atoms with E-state index in [1.807, 2.05) is 17.9 Å². The first-order chi connectivity index (χ1) is 10.0. The van der Waals surface area contributed by atoms with E-state index in [0.717, 1.165) is 25.1 Å². The quantitative estimate of drug-likeness (QED) is 0.851. The van der Waals surface area contributed by atoms with Gasteiger partial charge in [0.05, 0.1) is 5.69 Å². The topological polar surface area (TPSA) is 29.9 Å². The van der Waals surface area contributed by atoms with Crippen LogP contribution in [-0.2, 0) is 13.5 Å². The highest BCUT2D eigenvalue weighted by atomic mass is 79.9. The van der Waals surface area contributed by atoms with Crippen molar-refractivity contribution in [2.45, 2.75) is 39.7 Å². The van der Waals surface area contributed by atoms with Crippen molar-refractivity contribution in [1.29, 1.82) is 0 Å². The average molecular weight is 350 g/mol. The zero-order valence-electron chi connectivity index (χ0n) is 13.3. The fourth-order valence-electron chi connectivity index (χ4n) is 2.59. The van der Waals surface area contributed by atoms with Crippen LogP contribution in [0.15, 0.2) is 28.9 Å². The Morgan fingerprint density at radius 3 is 2.48 bits per heavy atom. The zero-order chi connectivity index (χ0) is 15.4. The van der Waals surface area contributed by atoms with E-state index in [9.17, 15) is 0 Å². The molecule has 2 aromatic rings. The molecular weight excluding hydrogens is 326 g/mol. The van der Waals surface area contributed by atoms with Gasteiger partial charge < -0.3 is 5.32 Å². The predicted molar refractivity (Wildman–Crippen MR) is 91.6 cm³/mol. The second-order valence-electron chi connectivity index (χ2n) is 5.66. The Morgan fingerprint density at radius 1 is 1.29 bits per heavy atom. The highest BCUT2D eigenvalue weighted by Gasteiger charge is 2.15. The summed E-state index contributed by atoms with van der Waals surface area (Å²) in [6.07, 6.45) is 4.05. The number of nitrogens with zero attached hydrogens (tertiary/aromatic N) is 2. The van der Waals surface area contributed by atoms with E-state index >= 15 is 0 Å². The van der Waals surface area contributed by atoms with Gasteiger partial charge >= 0.3 is 0 Å². The van der Waals surface area contributed by atoms with Crippen molar-refractivity contribution < 1.29 is 0 Å². The maximum Gasteiger partial charge on any atom is 0.0643 e. The number of halogens is 1. The van der Waals surface area contributed by atoms with Crippen molar-refractivity contribution in [1.82, 2.24) is 15.1 Å². The van der Waals surface area contributed by atoms with Crippen molar-refractivity contribution in [2.75, 3.05) is 6.54 Å². The number of benzene rings is 1. The number of rotatable bonds is 6. The lowest BCUT2D eigenvalue weighted by molar-refractivity contribution is 0.520. The SMILES string of the molecule is CCCNC(Cc1ccn(C)n1)c1cc(C)c(Br)c(C)c1. The van der Waals surface area contributed by atoms with Crippen LogP contribution in [0.2, 0.25) is 0 Å². The Bertz CT molecular complexity index is 581. The van der Waals surface area contributed by atoms with E-state index in [0.29, 0.717) is 6.04 Å². The lowest BCUT2D eigenvalue weighted by Crippen LogP contribution is -2.24. The minimum Gasteiger partial charge on any atom is -0.310 e. The Hall–Kier alpha value is -1.13. The zero-order valence-corrected chi connectivity index (χ0v) is 14.9. The summed E-state index contributed by atoms with van der Waals surface area (Å²) in [6.45, 7) is 7.52. The molecule has 0 aliphatic heterocycles. The van der Waals surface area contributed by atoms with Gasteiger partial charge in [-0.05, 0) is 49.6 Å². The van der Waals surface area contributed by atoms with Gasteiger partial charge in [0, 0.05) is 30.2 Å². The molecule has 0 saturated carbocycles. The van der Waals surface area contributed by atoms with Crippen molar-refractivity contribution in [3.8, 4) is 0 Å². The van der Waals surface area contributed by atoms with E-state index in [-0.39, 0.29) is 0 Å². The molecule has 1 unspecified atom stereocenters. The Kier molecular flexibility index (Phi) is 5.59. The van der Waals surface area contributed by atoms with Crippen LogP contribution in [0.4, 0.5) is 0 Å². The molecule has 3 nitrogen and oxygen atoms in total. The van der Waals surface area contributed by atoms with Crippen LogP contribution in [0.1, 0.15) is 41.8 Å². The summed E-state index contributed by atoms with van der Waals surface area (Å²) in [6, 6.07) is 6.95. The first-order valence-corrected chi connectivity index (χ1v) is 8.29.